The van der Waals surface area contributed by atoms with Crippen LogP contribution in [0.5, 0.6) is 5.75 Å². The summed E-state index contributed by atoms with van der Waals surface area (Å²) in [7, 11) is 0. The fourth-order valence-electron chi connectivity index (χ4n) is 2.49. The summed E-state index contributed by atoms with van der Waals surface area (Å²) < 4.78 is 18.2. The minimum atomic E-state index is -0.256. The second-order valence-corrected chi connectivity index (χ2v) is 5.40. The van der Waals surface area contributed by atoms with Gasteiger partial charge in [0.05, 0.1) is 6.61 Å². The number of hydrogen-bond donors (Lipinski definition) is 2. The van der Waals surface area contributed by atoms with Gasteiger partial charge >= 0.3 is 0 Å². The van der Waals surface area contributed by atoms with Crippen LogP contribution in [0, 0.1) is 5.82 Å². The summed E-state index contributed by atoms with van der Waals surface area (Å²) in [6, 6.07) is 6.51. The molecular weight excluding hydrogens is 396 g/mol. The predicted octanol–water partition coefficient (Wildman–Crippen LogP) is 3.45. The van der Waals surface area contributed by atoms with Crippen LogP contribution in [-0.4, -0.2) is 25.2 Å². The van der Waals surface area contributed by atoms with Crippen molar-refractivity contribution in [3.05, 3.63) is 30.1 Å². The SMILES string of the molecule is I.NC(=NCCCOc1ccc(F)cc1)NC1CCCCC1. The van der Waals surface area contributed by atoms with Gasteiger partial charge in [-0.1, -0.05) is 19.3 Å². The van der Waals surface area contributed by atoms with Crippen LogP contribution >= 0.6 is 24.0 Å². The number of rotatable bonds is 6. The monoisotopic (exact) mass is 421 g/mol. The molecule has 1 aliphatic rings. The second kappa shape index (κ2) is 10.6. The van der Waals surface area contributed by atoms with Gasteiger partial charge in [-0.25, -0.2) is 4.39 Å². The van der Waals surface area contributed by atoms with Crippen LogP contribution in [0.2, 0.25) is 0 Å². The molecule has 0 saturated heterocycles. The van der Waals surface area contributed by atoms with Crippen molar-refractivity contribution in [2.75, 3.05) is 13.2 Å². The van der Waals surface area contributed by atoms with Crippen LogP contribution in [0.4, 0.5) is 4.39 Å². The number of benzene rings is 1. The lowest BCUT2D eigenvalue weighted by atomic mass is 9.96. The van der Waals surface area contributed by atoms with E-state index in [-0.39, 0.29) is 29.8 Å². The van der Waals surface area contributed by atoms with E-state index in [1.807, 2.05) is 0 Å². The van der Waals surface area contributed by atoms with Crippen LogP contribution in [0.3, 0.4) is 0 Å². The molecule has 1 aromatic carbocycles. The molecule has 0 atom stereocenters. The molecule has 0 aliphatic heterocycles. The van der Waals surface area contributed by atoms with Crippen LogP contribution in [0.25, 0.3) is 0 Å². The second-order valence-electron chi connectivity index (χ2n) is 5.40. The number of nitrogens with one attached hydrogen (secondary N) is 1. The molecule has 1 aromatic rings. The van der Waals surface area contributed by atoms with Gasteiger partial charge in [-0.2, -0.15) is 0 Å². The summed E-state index contributed by atoms with van der Waals surface area (Å²) in [5, 5.41) is 3.28. The molecule has 0 unspecified atom stereocenters. The topological polar surface area (TPSA) is 59.6 Å². The normalized spacial score (nSPS) is 16.0. The average molecular weight is 421 g/mol. The summed E-state index contributed by atoms with van der Waals surface area (Å²) in [4.78, 5) is 4.31. The van der Waals surface area contributed by atoms with E-state index in [9.17, 15) is 4.39 Å². The highest BCUT2D eigenvalue weighted by Crippen LogP contribution is 2.17. The first-order valence-electron chi connectivity index (χ1n) is 7.69. The third kappa shape index (κ3) is 7.29. The number of nitrogens with zero attached hydrogens (tertiary/aromatic N) is 1. The summed E-state index contributed by atoms with van der Waals surface area (Å²) in [5.41, 5.74) is 5.87. The standard InChI is InChI=1S/C16H24FN3O.HI/c17-13-7-9-15(10-8-13)21-12-4-11-19-16(18)20-14-5-2-1-3-6-14;/h7-10,14H,1-6,11-12H2,(H3,18,19,20);1H. The molecule has 6 heteroatoms. The molecular formula is C16H25FIN3O. The van der Waals surface area contributed by atoms with Crippen molar-refractivity contribution in [3.63, 3.8) is 0 Å². The Balaban J connectivity index is 0.00000242. The molecule has 0 radical (unpaired) electrons. The quantitative estimate of drug-likeness (QED) is 0.320. The van der Waals surface area contributed by atoms with Crippen LogP contribution < -0.4 is 15.8 Å². The van der Waals surface area contributed by atoms with Crippen LogP contribution in [0.1, 0.15) is 38.5 Å². The number of halogens is 2. The Morgan fingerprint density at radius 2 is 1.91 bits per heavy atom. The third-order valence-corrected chi connectivity index (χ3v) is 3.62. The lowest BCUT2D eigenvalue weighted by Crippen LogP contribution is -2.41. The molecule has 3 N–H and O–H groups in total. The van der Waals surface area contributed by atoms with Gasteiger partial charge in [-0.3, -0.25) is 4.99 Å². The molecule has 1 aliphatic carbocycles. The number of aliphatic imine (C=N–C) groups is 1. The van der Waals surface area contributed by atoms with Crippen molar-refractivity contribution in [1.29, 1.82) is 0 Å². The molecule has 0 bridgehead atoms. The zero-order chi connectivity index (χ0) is 14.9. The minimum Gasteiger partial charge on any atom is -0.494 e. The zero-order valence-corrected chi connectivity index (χ0v) is 15.1. The highest BCUT2D eigenvalue weighted by Gasteiger charge is 2.12. The summed E-state index contributed by atoms with van der Waals surface area (Å²) in [5.74, 6) is 0.950. The Morgan fingerprint density at radius 1 is 1.23 bits per heavy atom. The maximum absolute atomic E-state index is 12.7. The largest absolute Gasteiger partial charge is 0.494 e. The van der Waals surface area contributed by atoms with Gasteiger partial charge in [-0.05, 0) is 37.1 Å². The van der Waals surface area contributed by atoms with E-state index in [1.165, 1.54) is 44.2 Å². The van der Waals surface area contributed by atoms with E-state index in [0.717, 1.165) is 6.42 Å². The Morgan fingerprint density at radius 3 is 2.59 bits per heavy atom. The van der Waals surface area contributed by atoms with E-state index >= 15 is 0 Å². The van der Waals surface area contributed by atoms with Gasteiger partial charge in [0.25, 0.3) is 0 Å². The molecule has 1 saturated carbocycles. The number of guanidine groups is 1. The van der Waals surface area contributed by atoms with E-state index in [4.69, 9.17) is 10.5 Å². The first-order valence-corrected chi connectivity index (χ1v) is 7.69. The van der Waals surface area contributed by atoms with E-state index in [1.54, 1.807) is 12.1 Å². The van der Waals surface area contributed by atoms with Gasteiger partial charge in [0.2, 0.25) is 0 Å². The van der Waals surface area contributed by atoms with Crippen molar-refractivity contribution in [2.24, 2.45) is 10.7 Å². The molecule has 2 rings (SSSR count). The van der Waals surface area contributed by atoms with Crippen LogP contribution in [-0.2, 0) is 0 Å². The number of hydrogen-bond acceptors (Lipinski definition) is 2. The highest BCUT2D eigenvalue weighted by atomic mass is 127. The van der Waals surface area contributed by atoms with Gasteiger partial charge in [-0.15, -0.1) is 24.0 Å². The fraction of sp³-hybridized carbons (Fsp3) is 0.562. The Kier molecular flexibility index (Phi) is 9.19. The third-order valence-electron chi connectivity index (χ3n) is 3.62. The molecule has 0 amide bonds. The molecule has 0 heterocycles. The van der Waals surface area contributed by atoms with E-state index < -0.39 is 0 Å². The molecule has 0 aromatic heterocycles. The van der Waals surface area contributed by atoms with Crippen molar-refractivity contribution >= 4 is 29.9 Å². The number of ether oxygens (including phenoxy) is 1. The molecule has 124 valence electrons. The minimum absolute atomic E-state index is 0. The molecule has 22 heavy (non-hydrogen) atoms. The van der Waals surface area contributed by atoms with E-state index in [0.29, 0.717) is 30.9 Å². The first kappa shape index (κ1) is 19.0. The fourth-order valence-corrected chi connectivity index (χ4v) is 2.49. The van der Waals surface area contributed by atoms with Crippen molar-refractivity contribution in [2.45, 2.75) is 44.6 Å². The zero-order valence-electron chi connectivity index (χ0n) is 12.8. The van der Waals surface area contributed by atoms with Gasteiger partial charge < -0.3 is 15.8 Å². The Hall–Kier alpha value is -1.05. The number of nitrogens with two attached hydrogens (primary N) is 1. The molecule has 1 fully saturated rings. The maximum Gasteiger partial charge on any atom is 0.188 e. The predicted molar refractivity (Wildman–Crippen MR) is 98.4 cm³/mol. The smallest absolute Gasteiger partial charge is 0.188 e. The Bertz CT molecular complexity index is 447. The van der Waals surface area contributed by atoms with Crippen molar-refractivity contribution in [1.82, 2.24) is 5.32 Å². The maximum atomic E-state index is 12.7. The van der Waals surface area contributed by atoms with E-state index in [2.05, 4.69) is 10.3 Å². The van der Waals surface area contributed by atoms with Gasteiger partial charge in [0.1, 0.15) is 11.6 Å². The van der Waals surface area contributed by atoms with Crippen LogP contribution in [0.15, 0.2) is 29.3 Å². The summed E-state index contributed by atoms with van der Waals surface area (Å²) in [6.07, 6.45) is 7.03. The summed E-state index contributed by atoms with van der Waals surface area (Å²) in [6.45, 7) is 1.18. The Labute approximate surface area is 148 Å². The lowest BCUT2D eigenvalue weighted by Gasteiger charge is -2.23. The average Bonchev–Trinajstić information content (AvgIpc) is 2.50. The molecule has 4 nitrogen and oxygen atoms in total. The molecule has 0 spiro atoms. The first-order chi connectivity index (χ1) is 10.2. The van der Waals surface area contributed by atoms with Gasteiger partial charge in [0, 0.05) is 19.0 Å². The highest BCUT2D eigenvalue weighted by molar-refractivity contribution is 14.0. The van der Waals surface area contributed by atoms with Crippen molar-refractivity contribution in [3.8, 4) is 5.75 Å². The lowest BCUT2D eigenvalue weighted by molar-refractivity contribution is 0.313. The van der Waals surface area contributed by atoms with Gasteiger partial charge in [0.15, 0.2) is 5.96 Å². The van der Waals surface area contributed by atoms with Crippen molar-refractivity contribution < 1.29 is 9.13 Å². The summed E-state index contributed by atoms with van der Waals surface area (Å²) >= 11 is 0.